The molecule has 1 saturated heterocycles. The third kappa shape index (κ3) is 4.46. The maximum Gasteiger partial charge on any atom is 0.251 e. The number of carbonyl (C=O) groups excluding carboxylic acids is 1. The van der Waals surface area contributed by atoms with Gasteiger partial charge in [0.25, 0.3) is 5.91 Å². The fourth-order valence-electron chi connectivity index (χ4n) is 3.18. The number of nitrogens with one attached hydrogen (secondary N) is 2. The monoisotopic (exact) mass is 423 g/mol. The molecule has 0 radical (unpaired) electrons. The molecule has 2 aromatic carbocycles. The van der Waals surface area contributed by atoms with E-state index in [1.54, 1.807) is 25.4 Å². The number of nitrogens with zero attached hydrogens (tertiary/aromatic N) is 3. The van der Waals surface area contributed by atoms with Gasteiger partial charge in [0, 0.05) is 29.5 Å². The summed E-state index contributed by atoms with van der Waals surface area (Å²) in [5, 5.41) is 6.51. The van der Waals surface area contributed by atoms with Gasteiger partial charge in [0.05, 0.1) is 13.1 Å². The van der Waals surface area contributed by atoms with Crippen LogP contribution in [-0.2, 0) is 0 Å². The lowest BCUT2D eigenvalue weighted by atomic mass is 10.1. The van der Waals surface area contributed by atoms with Gasteiger partial charge in [-0.2, -0.15) is 4.98 Å². The van der Waals surface area contributed by atoms with Gasteiger partial charge in [-0.05, 0) is 55.0 Å². The van der Waals surface area contributed by atoms with E-state index in [-0.39, 0.29) is 12.0 Å². The highest BCUT2D eigenvalue weighted by atomic mass is 35.5. The van der Waals surface area contributed by atoms with Crippen molar-refractivity contribution in [2.45, 2.75) is 13.0 Å². The summed E-state index contributed by atoms with van der Waals surface area (Å²) in [6, 6.07) is 14.7. The highest BCUT2D eigenvalue weighted by Gasteiger charge is 2.29. The Balaban J connectivity index is 1.37. The number of benzene rings is 2. The molecular weight excluding hydrogens is 402 g/mol. The average Bonchev–Trinajstić information content (AvgIpc) is 2.72. The largest absolute Gasteiger partial charge is 0.487 e. The van der Waals surface area contributed by atoms with Crippen molar-refractivity contribution in [3.8, 4) is 5.75 Å². The zero-order valence-corrected chi connectivity index (χ0v) is 17.5. The second-order valence-corrected chi connectivity index (χ2v) is 7.49. The first kappa shape index (κ1) is 20.0. The van der Waals surface area contributed by atoms with Crippen LogP contribution in [0.4, 0.5) is 17.5 Å². The van der Waals surface area contributed by atoms with E-state index in [4.69, 9.17) is 16.3 Å². The number of amides is 1. The van der Waals surface area contributed by atoms with Crippen molar-refractivity contribution in [3.05, 3.63) is 70.9 Å². The van der Waals surface area contributed by atoms with Crippen LogP contribution in [0.1, 0.15) is 15.9 Å². The maximum atomic E-state index is 11.8. The van der Waals surface area contributed by atoms with Crippen LogP contribution < -0.4 is 20.3 Å². The third-order valence-electron chi connectivity index (χ3n) is 4.85. The van der Waals surface area contributed by atoms with E-state index in [0.717, 1.165) is 40.9 Å². The number of rotatable bonds is 6. The molecule has 0 spiro atoms. The van der Waals surface area contributed by atoms with Crippen LogP contribution in [0.15, 0.2) is 54.7 Å². The van der Waals surface area contributed by atoms with Gasteiger partial charge in [0.15, 0.2) is 0 Å². The molecule has 0 unspecified atom stereocenters. The second-order valence-electron chi connectivity index (χ2n) is 7.08. The van der Waals surface area contributed by atoms with Gasteiger partial charge < -0.3 is 20.3 Å². The van der Waals surface area contributed by atoms with Crippen LogP contribution in [0.3, 0.4) is 0 Å². The van der Waals surface area contributed by atoms with Crippen LogP contribution >= 0.6 is 11.6 Å². The van der Waals surface area contributed by atoms with Crippen LogP contribution in [-0.4, -0.2) is 42.1 Å². The predicted octanol–water partition coefficient (Wildman–Crippen LogP) is 3.81. The molecule has 3 aromatic rings. The van der Waals surface area contributed by atoms with Crippen molar-refractivity contribution in [2.75, 3.05) is 30.4 Å². The Bertz CT molecular complexity index is 1070. The van der Waals surface area contributed by atoms with Gasteiger partial charge in [-0.3, -0.25) is 4.79 Å². The first-order chi connectivity index (χ1) is 14.5. The molecule has 1 fully saturated rings. The minimum absolute atomic E-state index is 0.0983. The highest BCUT2D eigenvalue weighted by molar-refractivity contribution is 6.31. The SMILES string of the molecule is CNC(=O)c1cccc(Nc2nccc(N3CC(Oc4ccc(Cl)c(C)c4)C3)n2)c1. The quantitative estimate of drug-likeness (QED) is 0.627. The van der Waals surface area contributed by atoms with Crippen molar-refractivity contribution in [1.29, 1.82) is 0 Å². The Kier molecular flexibility index (Phi) is 5.72. The van der Waals surface area contributed by atoms with Crippen LogP contribution in [0, 0.1) is 6.92 Å². The van der Waals surface area contributed by atoms with Gasteiger partial charge in [-0.25, -0.2) is 4.98 Å². The van der Waals surface area contributed by atoms with E-state index >= 15 is 0 Å². The Labute approximate surface area is 180 Å². The molecule has 0 bridgehead atoms. The Morgan fingerprint density at radius 2 is 2.03 bits per heavy atom. The van der Waals surface area contributed by atoms with Gasteiger partial charge in [-0.15, -0.1) is 0 Å². The molecule has 8 heteroatoms. The topological polar surface area (TPSA) is 79.4 Å². The predicted molar refractivity (Wildman–Crippen MR) is 118 cm³/mol. The summed E-state index contributed by atoms with van der Waals surface area (Å²) in [7, 11) is 1.60. The Hall–Kier alpha value is -3.32. The smallest absolute Gasteiger partial charge is 0.251 e. The van der Waals surface area contributed by atoms with Crippen molar-refractivity contribution < 1.29 is 9.53 Å². The van der Waals surface area contributed by atoms with Gasteiger partial charge >= 0.3 is 0 Å². The summed E-state index contributed by atoms with van der Waals surface area (Å²) in [5.74, 6) is 1.97. The van der Waals surface area contributed by atoms with E-state index < -0.39 is 0 Å². The molecule has 7 nitrogen and oxygen atoms in total. The minimum Gasteiger partial charge on any atom is -0.487 e. The van der Waals surface area contributed by atoms with Gasteiger partial charge in [0.2, 0.25) is 5.95 Å². The highest BCUT2D eigenvalue weighted by Crippen LogP contribution is 2.26. The average molecular weight is 424 g/mol. The molecule has 0 aliphatic carbocycles. The lowest BCUT2D eigenvalue weighted by molar-refractivity contribution is 0.0963. The molecule has 30 heavy (non-hydrogen) atoms. The number of ether oxygens (including phenoxy) is 1. The fraction of sp³-hybridized carbons (Fsp3) is 0.227. The molecule has 1 aliphatic heterocycles. The van der Waals surface area contributed by atoms with Crippen LogP contribution in [0.5, 0.6) is 5.75 Å². The standard InChI is InChI=1S/C22H22ClN5O2/c1-14-10-17(6-7-19(14)23)30-18-12-28(13-18)20-8-9-25-22(27-20)26-16-5-3-4-15(11-16)21(29)24-2/h3-11,18H,12-13H2,1-2H3,(H,24,29)(H,25,26,27). The van der Waals surface area contributed by atoms with Crippen molar-refractivity contribution in [3.63, 3.8) is 0 Å². The molecule has 154 valence electrons. The first-order valence-corrected chi connectivity index (χ1v) is 9.99. The minimum atomic E-state index is -0.143. The van der Waals surface area contributed by atoms with Crippen molar-refractivity contribution in [1.82, 2.24) is 15.3 Å². The summed E-state index contributed by atoms with van der Waals surface area (Å²) < 4.78 is 6.01. The molecule has 1 amide bonds. The lowest BCUT2D eigenvalue weighted by Gasteiger charge is -2.39. The number of hydrogen-bond donors (Lipinski definition) is 2. The number of aromatic nitrogens is 2. The van der Waals surface area contributed by atoms with E-state index in [1.807, 2.05) is 43.3 Å². The van der Waals surface area contributed by atoms with E-state index in [1.165, 1.54) is 0 Å². The molecule has 1 aliphatic rings. The number of anilines is 3. The van der Waals surface area contributed by atoms with E-state index in [2.05, 4.69) is 25.5 Å². The summed E-state index contributed by atoms with van der Waals surface area (Å²) in [4.78, 5) is 22.8. The zero-order chi connectivity index (χ0) is 21.1. The maximum absolute atomic E-state index is 11.8. The zero-order valence-electron chi connectivity index (χ0n) is 16.7. The van der Waals surface area contributed by atoms with E-state index in [0.29, 0.717) is 11.5 Å². The fourth-order valence-corrected chi connectivity index (χ4v) is 3.30. The lowest BCUT2D eigenvalue weighted by Crippen LogP contribution is -2.54. The summed E-state index contributed by atoms with van der Waals surface area (Å²) in [5.41, 5.74) is 2.31. The summed E-state index contributed by atoms with van der Waals surface area (Å²) >= 11 is 6.07. The molecule has 4 rings (SSSR count). The van der Waals surface area contributed by atoms with E-state index in [9.17, 15) is 4.79 Å². The van der Waals surface area contributed by atoms with Gasteiger partial charge in [0.1, 0.15) is 17.7 Å². The number of aryl methyl sites for hydroxylation is 1. The molecular formula is C22H22ClN5O2. The molecule has 0 atom stereocenters. The molecule has 2 heterocycles. The van der Waals surface area contributed by atoms with Crippen LogP contribution in [0.2, 0.25) is 5.02 Å². The molecule has 2 N–H and O–H groups in total. The summed E-state index contributed by atoms with van der Waals surface area (Å²) in [6.45, 7) is 3.44. The first-order valence-electron chi connectivity index (χ1n) is 9.62. The number of carbonyl (C=O) groups is 1. The van der Waals surface area contributed by atoms with Gasteiger partial charge in [-0.1, -0.05) is 17.7 Å². The van der Waals surface area contributed by atoms with Crippen molar-refractivity contribution >= 4 is 35.0 Å². The number of halogens is 1. The third-order valence-corrected chi connectivity index (χ3v) is 5.28. The molecule has 0 saturated carbocycles. The van der Waals surface area contributed by atoms with Crippen LogP contribution in [0.25, 0.3) is 0 Å². The Morgan fingerprint density at radius 3 is 2.80 bits per heavy atom. The molecule has 1 aromatic heterocycles. The Morgan fingerprint density at radius 1 is 1.20 bits per heavy atom. The summed E-state index contributed by atoms with van der Waals surface area (Å²) in [6.07, 6.45) is 1.81. The van der Waals surface area contributed by atoms with Crippen molar-refractivity contribution in [2.24, 2.45) is 0 Å². The second kappa shape index (κ2) is 8.59. The number of hydrogen-bond acceptors (Lipinski definition) is 6. The normalized spacial score (nSPS) is 13.5.